The van der Waals surface area contributed by atoms with Gasteiger partial charge in [-0.15, -0.1) is 0 Å². The van der Waals surface area contributed by atoms with E-state index < -0.39 is 6.04 Å². The molecule has 1 aromatic rings. The molecule has 1 saturated heterocycles. The first-order valence-corrected chi connectivity index (χ1v) is 6.97. The Morgan fingerprint density at radius 3 is 2.62 bits per heavy atom. The second-order valence-corrected chi connectivity index (χ2v) is 4.86. The Labute approximate surface area is 122 Å². The lowest BCUT2D eigenvalue weighted by atomic mass is 10.2. The molecule has 1 aliphatic heterocycles. The molecule has 1 heterocycles. The van der Waals surface area contributed by atoms with Crippen molar-refractivity contribution in [3.8, 4) is 0 Å². The summed E-state index contributed by atoms with van der Waals surface area (Å²) in [6.45, 7) is 2.31. The molecule has 2 N–H and O–H groups in total. The van der Waals surface area contributed by atoms with E-state index in [0.717, 1.165) is 6.42 Å². The SMILES string of the molecule is CCCOC(=O)c1ccc(NC(=O)C2CCC(=O)N2)cc1. The third-order valence-corrected chi connectivity index (χ3v) is 3.14. The van der Waals surface area contributed by atoms with E-state index in [1.54, 1.807) is 24.3 Å². The number of anilines is 1. The lowest BCUT2D eigenvalue weighted by Crippen LogP contribution is -2.37. The van der Waals surface area contributed by atoms with E-state index in [1.807, 2.05) is 6.92 Å². The lowest BCUT2D eigenvalue weighted by molar-refractivity contribution is -0.122. The Morgan fingerprint density at radius 1 is 1.33 bits per heavy atom. The van der Waals surface area contributed by atoms with E-state index in [0.29, 0.717) is 30.7 Å². The first-order chi connectivity index (χ1) is 10.1. The smallest absolute Gasteiger partial charge is 0.338 e. The highest BCUT2D eigenvalue weighted by molar-refractivity contribution is 5.99. The van der Waals surface area contributed by atoms with Gasteiger partial charge >= 0.3 is 5.97 Å². The average molecular weight is 290 g/mol. The number of rotatable bonds is 5. The predicted molar refractivity (Wildman–Crippen MR) is 76.8 cm³/mol. The molecule has 0 aromatic heterocycles. The van der Waals surface area contributed by atoms with Gasteiger partial charge in [0, 0.05) is 12.1 Å². The predicted octanol–water partition coefficient (Wildman–Crippen LogP) is 1.47. The fraction of sp³-hybridized carbons (Fsp3) is 0.400. The van der Waals surface area contributed by atoms with E-state index in [1.165, 1.54) is 0 Å². The Bertz CT molecular complexity index is 539. The van der Waals surface area contributed by atoms with E-state index in [2.05, 4.69) is 10.6 Å². The second kappa shape index (κ2) is 6.88. The summed E-state index contributed by atoms with van der Waals surface area (Å²) < 4.78 is 5.02. The molecular weight excluding hydrogens is 272 g/mol. The van der Waals surface area contributed by atoms with Crippen LogP contribution in [0.5, 0.6) is 0 Å². The third kappa shape index (κ3) is 4.05. The Balaban J connectivity index is 1.91. The number of ether oxygens (including phenoxy) is 1. The molecule has 0 aliphatic carbocycles. The second-order valence-electron chi connectivity index (χ2n) is 4.86. The van der Waals surface area contributed by atoms with Gasteiger partial charge < -0.3 is 15.4 Å². The third-order valence-electron chi connectivity index (χ3n) is 3.14. The van der Waals surface area contributed by atoms with Crippen LogP contribution in [-0.4, -0.2) is 30.4 Å². The van der Waals surface area contributed by atoms with Crippen LogP contribution in [0.1, 0.15) is 36.5 Å². The molecule has 0 radical (unpaired) electrons. The summed E-state index contributed by atoms with van der Waals surface area (Å²) in [4.78, 5) is 34.6. The number of hydrogen-bond acceptors (Lipinski definition) is 4. The molecule has 0 saturated carbocycles. The number of hydrogen-bond donors (Lipinski definition) is 2. The summed E-state index contributed by atoms with van der Waals surface area (Å²) in [6, 6.07) is 5.99. The van der Waals surface area contributed by atoms with E-state index >= 15 is 0 Å². The zero-order valence-electron chi connectivity index (χ0n) is 11.8. The highest BCUT2D eigenvalue weighted by Crippen LogP contribution is 2.13. The molecule has 1 fully saturated rings. The normalized spacial score (nSPS) is 17.2. The zero-order valence-corrected chi connectivity index (χ0v) is 11.8. The zero-order chi connectivity index (χ0) is 15.2. The van der Waals surface area contributed by atoms with Gasteiger partial charge in [-0.05, 0) is 37.1 Å². The molecule has 21 heavy (non-hydrogen) atoms. The molecule has 2 amide bonds. The summed E-state index contributed by atoms with van der Waals surface area (Å²) in [5.41, 5.74) is 1.02. The van der Waals surface area contributed by atoms with E-state index in [9.17, 15) is 14.4 Å². The van der Waals surface area contributed by atoms with Crippen molar-refractivity contribution in [2.45, 2.75) is 32.2 Å². The van der Waals surface area contributed by atoms with E-state index in [-0.39, 0.29) is 17.8 Å². The summed E-state index contributed by atoms with van der Waals surface area (Å²) in [5.74, 6) is -0.732. The van der Waals surface area contributed by atoms with Gasteiger partial charge in [0.2, 0.25) is 11.8 Å². The molecular formula is C15H18N2O4. The monoisotopic (exact) mass is 290 g/mol. The van der Waals surface area contributed by atoms with Gasteiger partial charge in [-0.25, -0.2) is 4.79 Å². The molecule has 1 aliphatic rings. The van der Waals surface area contributed by atoms with Gasteiger partial charge in [-0.1, -0.05) is 6.92 Å². The number of benzene rings is 1. The number of amides is 2. The van der Waals surface area contributed by atoms with Gasteiger partial charge in [0.05, 0.1) is 12.2 Å². The van der Waals surface area contributed by atoms with Crippen LogP contribution in [0.3, 0.4) is 0 Å². The number of carbonyl (C=O) groups excluding carboxylic acids is 3. The first-order valence-electron chi connectivity index (χ1n) is 6.97. The number of nitrogens with one attached hydrogen (secondary N) is 2. The molecule has 6 nitrogen and oxygen atoms in total. The van der Waals surface area contributed by atoms with Crippen molar-refractivity contribution in [2.75, 3.05) is 11.9 Å². The summed E-state index contributed by atoms with van der Waals surface area (Å²) in [6.07, 6.45) is 1.65. The van der Waals surface area contributed by atoms with Crippen LogP contribution in [-0.2, 0) is 14.3 Å². The largest absolute Gasteiger partial charge is 0.462 e. The minimum atomic E-state index is -0.480. The molecule has 1 aromatic carbocycles. The number of esters is 1. The van der Waals surface area contributed by atoms with Crippen molar-refractivity contribution in [1.82, 2.24) is 5.32 Å². The van der Waals surface area contributed by atoms with Gasteiger partial charge in [-0.2, -0.15) is 0 Å². The maximum Gasteiger partial charge on any atom is 0.338 e. The van der Waals surface area contributed by atoms with E-state index in [4.69, 9.17) is 4.74 Å². The van der Waals surface area contributed by atoms with Gasteiger partial charge in [0.25, 0.3) is 0 Å². The van der Waals surface area contributed by atoms with Crippen molar-refractivity contribution in [3.05, 3.63) is 29.8 Å². The highest BCUT2D eigenvalue weighted by Gasteiger charge is 2.27. The first kappa shape index (κ1) is 15.0. The van der Waals surface area contributed by atoms with Crippen molar-refractivity contribution >= 4 is 23.5 Å². The Kier molecular flexibility index (Phi) is 4.92. The van der Waals surface area contributed by atoms with Gasteiger partial charge in [-0.3, -0.25) is 9.59 Å². The molecule has 1 atom stereocenters. The van der Waals surface area contributed by atoms with Crippen molar-refractivity contribution < 1.29 is 19.1 Å². The van der Waals surface area contributed by atoms with Crippen LogP contribution in [0.2, 0.25) is 0 Å². The molecule has 0 spiro atoms. The average Bonchev–Trinajstić information content (AvgIpc) is 2.92. The highest BCUT2D eigenvalue weighted by atomic mass is 16.5. The standard InChI is InChI=1S/C15H18N2O4/c1-2-9-21-15(20)10-3-5-11(6-4-10)16-14(19)12-7-8-13(18)17-12/h3-6,12H,2,7-9H2,1H3,(H,16,19)(H,17,18). The maximum absolute atomic E-state index is 11.9. The molecule has 1 unspecified atom stereocenters. The maximum atomic E-state index is 11.9. The van der Waals surface area contributed by atoms with Crippen LogP contribution in [0.15, 0.2) is 24.3 Å². The molecule has 112 valence electrons. The molecule has 6 heteroatoms. The van der Waals surface area contributed by atoms with Crippen molar-refractivity contribution in [2.24, 2.45) is 0 Å². The van der Waals surface area contributed by atoms with Crippen LogP contribution in [0.25, 0.3) is 0 Å². The summed E-state index contributed by atoms with van der Waals surface area (Å²) >= 11 is 0. The summed E-state index contributed by atoms with van der Waals surface area (Å²) in [5, 5.41) is 5.31. The Hall–Kier alpha value is -2.37. The van der Waals surface area contributed by atoms with Gasteiger partial charge in [0.15, 0.2) is 0 Å². The van der Waals surface area contributed by atoms with Crippen molar-refractivity contribution in [3.63, 3.8) is 0 Å². The quantitative estimate of drug-likeness (QED) is 0.804. The van der Waals surface area contributed by atoms with Crippen LogP contribution in [0, 0.1) is 0 Å². The Morgan fingerprint density at radius 2 is 2.05 bits per heavy atom. The van der Waals surface area contributed by atoms with Gasteiger partial charge in [0.1, 0.15) is 6.04 Å². The minimum Gasteiger partial charge on any atom is -0.462 e. The van der Waals surface area contributed by atoms with Crippen LogP contribution in [0.4, 0.5) is 5.69 Å². The lowest BCUT2D eigenvalue weighted by Gasteiger charge is -2.11. The molecule has 2 rings (SSSR count). The van der Waals surface area contributed by atoms with Crippen LogP contribution < -0.4 is 10.6 Å². The van der Waals surface area contributed by atoms with Crippen LogP contribution >= 0.6 is 0 Å². The topological polar surface area (TPSA) is 84.5 Å². The number of carbonyl (C=O) groups is 3. The van der Waals surface area contributed by atoms with Crippen molar-refractivity contribution in [1.29, 1.82) is 0 Å². The summed E-state index contributed by atoms with van der Waals surface area (Å²) in [7, 11) is 0. The fourth-order valence-corrected chi connectivity index (χ4v) is 2.01. The minimum absolute atomic E-state index is 0.107. The molecule has 0 bridgehead atoms. The fourth-order valence-electron chi connectivity index (χ4n) is 2.01.